The summed E-state index contributed by atoms with van der Waals surface area (Å²) in [7, 11) is 0. The van der Waals surface area contributed by atoms with Gasteiger partial charge in [0.15, 0.2) is 0 Å². The highest BCUT2D eigenvalue weighted by Crippen LogP contribution is 2.13. The molecule has 0 bridgehead atoms. The van der Waals surface area contributed by atoms with E-state index < -0.39 is 0 Å². The van der Waals surface area contributed by atoms with Gasteiger partial charge in [-0.25, -0.2) is 10.1 Å². The molecule has 0 aliphatic carbocycles. The summed E-state index contributed by atoms with van der Waals surface area (Å²) in [6, 6.07) is 5.54. The summed E-state index contributed by atoms with van der Waals surface area (Å²) in [5, 5.41) is 10.6. The van der Waals surface area contributed by atoms with Crippen molar-refractivity contribution in [2.24, 2.45) is 0 Å². The number of aromatic nitrogens is 2. The van der Waals surface area contributed by atoms with Gasteiger partial charge in [0.05, 0.1) is 17.4 Å². The van der Waals surface area contributed by atoms with E-state index in [-0.39, 0.29) is 6.61 Å². The zero-order valence-electron chi connectivity index (χ0n) is 5.87. The first kappa shape index (κ1) is 6.37. The minimum Gasteiger partial charge on any atom is -0.344 e. The first-order valence-corrected chi connectivity index (χ1v) is 3.41. The Balaban J connectivity index is 2.79. The first-order chi connectivity index (χ1) is 5.42. The molecule has 0 saturated carbocycles. The minimum absolute atomic E-state index is 0.195. The number of H-pyrrole nitrogens is 1. The van der Waals surface area contributed by atoms with Crippen molar-refractivity contribution in [1.29, 1.82) is 0 Å². The van der Waals surface area contributed by atoms with Crippen LogP contribution in [0.1, 0.15) is 5.56 Å². The van der Waals surface area contributed by atoms with Gasteiger partial charge in [-0.3, -0.25) is 0 Å². The topological polar surface area (TPSA) is 48.6 Å². The molecule has 11 heavy (non-hydrogen) atoms. The third-order valence-corrected chi connectivity index (χ3v) is 1.70. The van der Waals surface area contributed by atoms with E-state index >= 15 is 0 Å². The molecule has 3 heteroatoms. The highest BCUT2D eigenvalue weighted by Gasteiger charge is 2.00. The predicted molar refractivity (Wildman–Crippen MR) is 40.5 cm³/mol. The maximum atomic E-state index is 10.6. The van der Waals surface area contributed by atoms with Gasteiger partial charge < -0.3 is 4.98 Å². The number of benzene rings is 1. The van der Waals surface area contributed by atoms with Crippen LogP contribution in [0.2, 0.25) is 0 Å². The third-order valence-electron chi connectivity index (χ3n) is 1.70. The van der Waals surface area contributed by atoms with E-state index in [1.54, 1.807) is 6.33 Å². The Kier molecular flexibility index (Phi) is 1.36. The predicted octanol–water partition coefficient (Wildman–Crippen LogP) is 1.49. The molecular weight excluding hydrogens is 140 g/mol. The number of nitrogens with zero attached hydrogens (tertiary/aromatic N) is 1. The largest absolute Gasteiger partial charge is 0.344 e. The average molecular weight is 147 g/mol. The Morgan fingerprint density at radius 1 is 1.45 bits per heavy atom. The van der Waals surface area contributed by atoms with Gasteiger partial charge in [0, 0.05) is 5.56 Å². The Hall–Kier alpha value is -1.35. The van der Waals surface area contributed by atoms with Crippen molar-refractivity contribution in [1.82, 2.24) is 9.97 Å². The molecule has 55 valence electrons. The summed E-state index contributed by atoms with van der Waals surface area (Å²) in [6.07, 6.45) is 1.60. The molecule has 1 radical (unpaired) electrons. The maximum absolute atomic E-state index is 10.6. The van der Waals surface area contributed by atoms with Crippen molar-refractivity contribution in [2.75, 3.05) is 0 Å². The summed E-state index contributed by atoms with van der Waals surface area (Å²) in [6.45, 7) is -0.195. The molecule has 0 saturated heterocycles. The van der Waals surface area contributed by atoms with Crippen LogP contribution in [0.15, 0.2) is 24.5 Å². The van der Waals surface area contributed by atoms with Crippen LogP contribution in [-0.2, 0) is 11.7 Å². The van der Waals surface area contributed by atoms with Gasteiger partial charge in [0.25, 0.3) is 0 Å². The fourth-order valence-electron chi connectivity index (χ4n) is 1.15. The van der Waals surface area contributed by atoms with Gasteiger partial charge in [-0.2, -0.15) is 0 Å². The van der Waals surface area contributed by atoms with Crippen LogP contribution >= 0.6 is 0 Å². The van der Waals surface area contributed by atoms with Crippen LogP contribution in [-0.4, -0.2) is 9.97 Å². The lowest BCUT2D eigenvalue weighted by Crippen LogP contribution is -1.82. The van der Waals surface area contributed by atoms with E-state index in [4.69, 9.17) is 0 Å². The molecular formula is C8H7N2O. The van der Waals surface area contributed by atoms with Gasteiger partial charge in [-0.1, -0.05) is 12.1 Å². The summed E-state index contributed by atoms with van der Waals surface area (Å²) < 4.78 is 0. The molecule has 0 aliphatic rings. The molecule has 2 rings (SSSR count). The minimum atomic E-state index is -0.195. The number of rotatable bonds is 1. The molecule has 0 spiro atoms. The Morgan fingerprint density at radius 3 is 3.18 bits per heavy atom. The Bertz CT molecular complexity index is 367. The normalized spacial score (nSPS) is 10.6. The SMILES string of the molecule is [O]Cc1cccc2nc[nH]c12. The number of hydrogen-bond acceptors (Lipinski definition) is 1. The van der Waals surface area contributed by atoms with Gasteiger partial charge in [-0.05, 0) is 6.07 Å². The molecule has 3 nitrogen and oxygen atoms in total. The second kappa shape index (κ2) is 2.36. The van der Waals surface area contributed by atoms with E-state index in [1.807, 2.05) is 18.2 Å². The molecule has 1 N–H and O–H groups in total. The molecule has 1 aromatic carbocycles. The smallest absolute Gasteiger partial charge is 0.109 e. The molecule has 1 heterocycles. The molecule has 0 amide bonds. The van der Waals surface area contributed by atoms with Crippen molar-refractivity contribution < 1.29 is 5.11 Å². The number of aromatic amines is 1. The molecule has 0 atom stereocenters. The van der Waals surface area contributed by atoms with Crippen molar-refractivity contribution in [3.05, 3.63) is 30.1 Å². The number of hydrogen-bond donors (Lipinski definition) is 1. The highest BCUT2D eigenvalue weighted by atomic mass is 16.3. The van der Waals surface area contributed by atoms with Gasteiger partial charge >= 0.3 is 0 Å². The van der Waals surface area contributed by atoms with Crippen LogP contribution in [0.3, 0.4) is 0 Å². The number of fused-ring (bicyclic) bond motifs is 1. The fourth-order valence-corrected chi connectivity index (χ4v) is 1.15. The number of para-hydroxylation sites is 1. The zero-order valence-corrected chi connectivity index (χ0v) is 5.87. The second-order valence-electron chi connectivity index (χ2n) is 2.36. The van der Waals surface area contributed by atoms with Crippen molar-refractivity contribution in [3.8, 4) is 0 Å². The van der Waals surface area contributed by atoms with Gasteiger partial charge in [0.1, 0.15) is 6.61 Å². The standard InChI is InChI=1S/C8H7N2O/c11-4-6-2-1-3-7-8(6)10-5-9-7/h1-3,5H,4H2,(H,9,10). The van der Waals surface area contributed by atoms with E-state index in [0.29, 0.717) is 0 Å². The molecule has 0 aliphatic heterocycles. The Labute approximate surface area is 63.7 Å². The number of imidazole rings is 1. The summed E-state index contributed by atoms with van der Waals surface area (Å²) in [5.74, 6) is 0. The summed E-state index contributed by atoms with van der Waals surface area (Å²) >= 11 is 0. The molecule has 2 aromatic rings. The van der Waals surface area contributed by atoms with E-state index in [9.17, 15) is 5.11 Å². The van der Waals surface area contributed by atoms with E-state index in [2.05, 4.69) is 9.97 Å². The summed E-state index contributed by atoms with van der Waals surface area (Å²) in [4.78, 5) is 6.96. The van der Waals surface area contributed by atoms with Crippen LogP contribution in [0, 0.1) is 0 Å². The average Bonchev–Trinajstić information content (AvgIpc) is 2.50. The molecule has 1 aromatic heterocycles. The van der Waals surface area contributed by atoms with Gasteiger partial charge in [0.2, 0.25) is 0 Å². The highest BCUT2D eigenvalue weighted by molar-refractivity contribution is 5.77. The van der Waals surface area contributed by atoms with E-state index in [0.717, 1.165) is 16.6 Å². The summed E-state index contributed by atoms with van der Waals surface area (Å²) in [5.41, 5.74) is 2.50. The lowest BCUT2D eigenvalue weighted by molar-refractivity contribution is 0.178. The zero-order chi connectivity index (χ0) is 7.68. The van der Waals surface area contributed by atoms with Crippen LogP contribution < -0.4 is 0 Å². The monoisotopic (exact) mass is 147 g/mol. The molecule has 0 fully saturated rings. The van der Waals surface area contributed by atoms with Crippen LogP contribution in [0.4, 0.5) is 0 Å². The van der Waals surface area contributed by atoms with Crippen LogP contribution in [0.5, 0.6) is 0 Å². The quantitative estimate of drug-likeness (QED) is 0.652. The fraction of sp³-hybridized carbons (Fsp3) is 0.125. The lowest BCUT2D eigenvalue weighted by Gasteiger charge is -1.93. The third kappa shape index (κ3) is 0.897. The maximum Gasteiger partial charge on any atom is 0.109 e. The van der Waals surface area contributed by atoms with Crippen molar-refractivity contribution >= 4 is 11.0 Å². The lowest BCUT2D eigenvalue weighted by atomic mass is 10.2. The second-order valence-corrected chi connectivity index (χ2v) is 2.36. The van der Waals surface area contributed by atoms with Crippen LogP contribution in [0.25, 0.3) is 11.0 Å². The van der Waals surface area contributed by atoms with Crippen molar-refractivity contribution in [2.45, 2.75) is 6.61 Å². The van der Waals surface area contributed by atoms with Gasteiger partial charge in [-0.15, -0.1) is 0 Å². The molecule has 0 unspecified atom stereocenters. The number of nitrogens with one attached hydrogen (secondary N) is 1. The van der Waals surface area contributed by atoms with Crippen molar-refractivity contribution in [3.63, 3.8) is 0 Å². The first-order valence-electron chi connectivity index (χ1n) is 3.41. The Morgan fingerprint density at radius 2 is 2.36 bits per heavy atom. The van der Waals surface area contributed by atoms with E-state index in [1.165, 1.54) is 0 Å².